The van der Waals surface area contributed by atoms with Crippen LogP contribution in [0.15, 0.2) is 30.5 Å². The van der Waals surface area contributed by atoms with Crippen molar-refractivity contribution >= 4 is 17.2 Å². The standard InChI is InChI=1S/C20H25N3O2S/c1-14(16-5-3-4-9-22-16)23(2)19(24)17-13-15-6-12-25-20(18(15)26-17)7-10-21-11-8-20/h3-5,9,13-14,21H,6-8,10-12H2,1-2H3. The molecule has 0 saturated carbocycles. The summed E-state index contributed by atoms with van der Waals surface area (Å²) >= 11 is 1.63. The number of rotatable bonds is 3. The van der Waals surface area contributed by atoms with Gasteiger partial charge in [0.1, 0.15) is 5.60 Å². The molecule has 1 unspecified atom stereocenters. The summed E-state index contributed by atoms with van der Waals surface area (Å²) in [5.41, 5.74) is 2.01. The fraction of sp³-hybridized carbons (Fsp3) is 0.500. The highest BCUT2D eigenvalue weighted by Gasteiger charge is 2.41. The number of carbonyl (C=O) groups is 1. The van der Waals surface area contributed by atoms with Crippen LogP contribution >= 0.6 is 11.3 Å². The summed E-state index contributed by atoms with van der Waals surface area (Å²) < 4.78 is 6.24. The minimum Gasteiger partial charge on any atom is -0.369 e. The van der Waals surface area contributed by atoms with Crippen LogP contribution in [0.3, 0.4) is 0 Å². The number of amides is 1. The fourth-order valence-electron chi connectivity index (χ4n) is 3.90. The van der Waals surface area contributed by atoms with E-state index in [9.17, 15) is 4.79 Å². The van der Waals surface area contributed by atoms with Gasteiger partial charge in [-0.1, -0.05) is 6.07 Å². The predicted octanol–water partition coefficient (Wildman–Crippen LogP) is 3.13. The Morgan fingerprint density at radius 1 is 1.38 bits per heavy atom. The maximum atomic E-state index is 13.1. The lowest BCUT2D eigenvalue weighted by molar-refractivity contribution is -0.0771. The lowest BCUT2D eigenvalue weighted by atomic mass is 9.86. The van der Waals surface area contributed by atoms with Gasteiger partial charge in [0.15, 0.2) is 0 Å². The third kappa shape index (κ3) is 3.06. The summed E-state index contributed by atoms with van der Waals surface area (Å²) in [6.45, 7) is 4.71. The average molecular weight is 372 g/mol. The lowest BCUT2D eigenvalue weighted by Gasteiger charge is -2.40. The molecule has 1 amide bonds. The van der Waals surface area contributed by atoms with Crippen molar-refractivity contribution in [1.29, 1.82) is 0 Å². The van der Waals surface area contributed by atoms with Crippen LogP contribution in [0.1, 0.15) is 51.6 Å². The predicted molar refractivity (Wildman–Crippen MR) is 103 cm³/mol. The summed E-state index contributed by atoms with van der Waals surface area (Å²) in [4.78, 5) is 21.4. The first-order valence-corrected chi connectivity index (χ1v) is 10.1. The first-order chi connectivity index (χ1) is 12.6. The van der Waals surface area contributed by atoms with E-state index in [2.05, 4.69) is 16.4 Å². The number of piperidine rings is 1. The quantitative estimate of drug-likeness (QED) is 0.901. The zero-order valence-electron chi connectivity index (χ0n) is 15.3. The van der Waals surface area contributed by atoms with Crippen LogP contribution in [0.4, 0.5) is 0 Å². The summed E-state index contributed by atoms with van der Waals surface area (Å²) in [5.74, 6) is 0.0617. The third-order valence-corrected chi connectivity index (χ3v) is 6.96. The molecular weight excluding hydrogens is 346 g/mol. The second-order valence-corrected chi connectivity index (χ2v) is 8.21. The first kappa shape index (κ1) is 17.6. The van der Waals surface area contributed by atoms with Crippen molar-refractivity contribution in [3.8, 4) is 0 Å². The molecule has 1 fully saturated rings. The maximum absolute atomic E-state index is 13.1. The molecule has 0 aromatic carbocycles. The molecule has 5 nitrogen and oxygen atoms in total. The van der Waals surface area contributed by atoms with Gasteiger partial charge in [-0.25, -0.2) is 0 Å². The smallest absolute Gasteiger partial charge is 0.264 e. The van der Waals surface area contributed by atoms with Gasteiger partial charge in [0.05, 0.1) is 23.2 Å². The van der Waals surface area contributed by atoms with Gasteiger partial charge in [-0.05, 0) is 63.0 Å². The highest BCUT2D eigenvalue weighted by atomic mass is 32.1. The van der Waals surface area contributed by atoms with Crippen LogP contribution < -0.4 is 5.32 Å². The number of hydrogen-bond acceptors (Lipinski definition) is 5. The van der Waals surface area contributed by atoms with E-state index in [1.807, 2.05) is 32.2 Å². The molecule has 4 heterocycles. The molecule has 0 radical (unpaired) electrons. The minimum absolute atomic E-state index is 0.0617. The van der Waals surface area contributed by atoms with E-state index in [1.54, 1.807) is 22.4 Å². The molecule has 138 valence electrons. The van der Waals surface area contributed by atoms with Crippen molar-refractivity contribution < 1.29 is 9.53 Å². The average Bonchev–Trinajstić information content (AvgIpc) is 3.14. The number of nitrogens with one attached hydrogen (secondary N) is 1. The van der Waals surface area contributed by atoms with Gasteiger partial charge >= 0.3 is 0 Å². The molecule has 1 atom stereocenters. The normalized spacial score (nSPS) is 19.8. The van der Waals surface area contributed by atoms with E-state index in [4.69, 9.17) is 4.74 Å². The number of thiophene rings is 1. The van der Waals surface area contributed by atoms with Gasteiger partial charge in [-0.3, -0.25) is 9.78 Å². The Balaban J connectivity index is 1.60. The third-order valence-electron chi connectivity index (χ3n) is 5.61. The van der Waals surface area contributed by atoms with Gasteiger partial charge in [-0.2, -0.15) is 0 Å². The molecule has 0 bridgehead atoms. The molecule has 1 N–H and O–H groups in total. The number of nitrogens with zero attached hydrogens (tertiary/aromatic N) is 2. The van der Waals surface area contributed by atoms with Crippen molar-refractivity contribution in [2.24, 2.45) is 0 Å². The Hall–Kier alpha value is -1.76. The number of ether oxygens (including phenoxy) is 1. The molecule has 4 rings (SSSR count). The number of pyridine rings is 1. The second-order valence-electron chi connectivity index (χ2n) is 7.15. The van der Waals surface area contributed by atoms with E-state index >= 15 is 0 Å². The van der Waals surface area contributed by atoms with Crippen molar-refractivity contribution in [2.45, 2.75) is 37.8 Å². The molecule has 2 aliphatic heterocycles. The van der Waals surface area contributed by atoms with Gasteiger partial charge in [-0.15, -0.1) is 11.3 Å². The molecule has 1 saturated heterocycles. The van der Waals surface area contributed by atoms with Gasteiger partial charge in [0.25, 0.3) is 5.91 Å². The molecule has 6 heteroatoms. The van der Waals surface area contributed by atoms with Gasteiger partial charge < -0.3 is 15.0 Å². The molecule has 2 aromatic rings. The number of carbonyl (C=O) groups excluding carboxylic acids is 1. The summed E-state index contributed by atoms with van der Waals surface area (Å²) in [6, 6.07) is 7.84. The highest BCUT2D eigenvalue weighted by molar-refractivity contribution is 7.14. The van der Waals surface area contributed by atoms with Crippen molar-refractivity contribution in [3.63, 3.8) is 0 Å². The number of aromatic nitrogens is 1. The second kappa shape index (κ2) is 7.10. The molecule has 0 aliphatic carbocycles. The molecule has 2 aromatic heterocycles. The SMILES string of the molecule is CC(c1ccccn1)N(C)C(=O)c1cc2c(s1)C1(CCNCC1)OCC2. The zero-order valence-corrected chi connectivity index (χ0v) is 16.1. The fourth-order valence-corrected chi connectivity index (χ4v) is 5.29. The van der Waals surface area contributed by atoms with Crippen LogP contribution in [0.5, 0.6) is 0 Å². The van der Waals surface area contributed by atoms with E-state index < -0.39 is 0 Å². The summed E-state index contributed by atoms with van der Waals surface area (Å²) in [5, 5.41) is 3.41. The Morgan fingerprint density at radius 2 is 2.19 bits per heavy atom. The van der Waals surface area contributed by atoms with E-state index in [-0.39, 0.29) is 17.6 Å². The highest BCUT2D eigenvalue weighted by Crippen LogP contribution is 2.44. The summed E-state index contributed by atoms with van der Waals surface area (Å²) in [7, 11) is 1.86. The van der Waals surface area contributed by atoms with Crippen LogP contribution in [-0.2, 0) is 16.8 Å². The molecule has 26 heavy (non-hydrogen) atoms. The Labute approximate surface area is 158 Å². The van der Waals surface area contributed by atoms with Crippen LogP contribution in [0.2, 0.25) is 0 Å². The maximum Gasteiger partial charge on any atom is 0.264 e. The van der Waals surface area contributed by atoms with Crippen molar-refractivity contribution in [3.05, 3.63) is 51.5 Å². The van der Waals surface area contributed by atoms with Crippen molar-refractivity contribution in [1.82, 2.24) is 15.2 Å². The van der Waals surface area contributed by atoms with Crippen LogP contribution in [0, 0.1) is 0 Å². The Bertz CT molecular complexity index is 784. The monoisotopic (exact) mass is 371 g/mol. The largest absolute Gasteiger partial charge is 0.369 e. The first-order valence-electron chi connectivity index (χ1n) is 9.27. The van der Waals surface area contributed by atoms with Crippen molar-refractivity contribution in [2.75, 3.05) is 26.7 Å². The molecule has 1 spiro atoms. The van der Waals surface area contributed by atoms with Crippen LogP contribution in [0.25, 0.3) is 0 Å². The topological polar surface area (TPSA) is 54.5 Å². The summed E-state index contributed by atoms with van der Waals surface area (Å²) in [6.07, 6.45) is 4.63. The van der Waals surface area contributed by atoms with Gasteiger partial charge in [0, 0.05) is 18.1 Å². The Kier molecular flexibility index (Phi) is 4.82. The van der Waals surface area contributed by atoms with E-state index in [1.165, 1.54) is 10.4 Å². The zero-order chi connectivity index (χ0) is 18.1. The number of hydrogen-bond donors (Lipinski definition) is 1. The lowest BCUT2D eigenvalue weighted by Crippen LogP contribution is -2.43. The minimum atomic E-state index is -0.187. The Morgan fingerprint density at radius 3 is 2.92 bits per heavy atom. The van der Waals surface area contributed by atoms with Crippen LogP contribution in [-0.4, -0.2) is 42.5 Å². The van der Waals surface area contributed by atoms with E-state index in [0.29, 0.717) is 0 Å². The van der Waals surface area contributed by atoms with Gasteiger partial charge in [0.2, 0.25) is 0 Å². The number of fused-ring (bicyclic) bond motifs is 2. The van der Waals surface area contributed by atoms with E-state index in [0.717, 1.165) is 49.5 Å². The molecular formula is C20H25N3O2S. The molecule has 2 aliphatic rings.